The molecule has 122 valence electrons. The normalized spacial score (nSPS) is 10.5. The minimum absolute atomic E-state index is 0.0343. The number of benzene rings is 1. The summed E-state index contributed by atoms with van der Waals surface area (Å²) in [5.41, 5.74) is 2.13. The number of hydrogen-bond donors (Lipinski definition) is 1. The van der Waals surface area contributed by atoms with Gasteiger partial charge in [0.2, 0.25) is 11.7 Å². The predicted molar refractivity (Wildman–Crippen MR) is 93.2 cm³/mol. The zero-order chi connectivity index (χ0) is 16.9. The van der Waals surface area contributed by atoms with E-state index in [0.717, 1.165) is 16.0 Å². The largest absolute Gasteiger partial charge is 0.461 e. The topological polar surface area (TPSA) is 59.3 Å². The lowest BCUT2D eigenvalue weighted by molar-refractivity contribution is -0.120. The van der Waals surface area contributed by atoms with Gasteiger partial charge < -0.3 is 9.73 Å². The van der Waals surface area contributed by atoms with Crippen molar-refractivity contribution in [3.8, 4) is 0 Å². The number of furan rings is 1. The van der Waals surface area contributed by atoms with Crippen LogP contribution in [0.4, 0.5) is 0 Å². The molecule has 3 rings (SSSR count). The summed E-state index contributed by atoms with van der Waals surface area (Å²) in [6.45, 7) is 2.42. The fourth-order valence-corrected chi connectivity index (χ4v) is 3.27. The quantitative estimate of drug-likeness (QED) is 0.696. The summed E-state index contributed by atoms with van der Waals surface area (Å²) in [7, 11) is 0. The smallest absolute Gasteiger partial charge is 0.238 e. The summed E-state index contributed by atoms with van der Waals surface area (Å²) in [5.74, 6) is 0.155. The van der Waals surface area contributed by atoms with Crippen molar-refractivity contribution in [1.82, 2.24) is 5.32 Å². The molecule has 0 spiro atoms. The Morgan fingerprint density at radius 2 is 2.00 bits per heavy atom. The first-order chi connectivity index (χ1) is 11.6. The van der Waals surface area contributed by atoms with Gasteiger partial charge in [-0.05, 0) is 36.8 Å². The first-order valence-corrected chi connectivity index (χ1v) is 8.42. The van der Waals surface area contributed by atoms with E-state index in [2.05, 4.69) is 5.32 Å². The van der Waals surface area contributed by atoms with Crippen molar-refractivity contribution in [3.05, 3.63) is 81.4 Å². The lowest BCUT2D eigenvalue weighted by Gasteiger charge is -2.04. The van der Waals surface area contributed by atoms with E-state index in [1.54, 1.807) is 18.2 Å². The molecule has 0 aliphatic carbocycles. The lowest BCUT2D eigenvalue weighted by Crippen LogP contribution is -2.24. The number of carbonyl (C=O) groups is 2. The van der Waals surface area contributed by atoms with Crippen LogP contribution in [-0.2, 0) is 17.8 Å². The van der Waals surface area contributed by atoms with E-state index >= 15 is 0 Å². The minimum atomic E-state index is -0.137. The van der Waals surface area contributed by atoms with E-state index in [1.807, 2.05) is 37.3 Å². The minimum Gasteiger partial charge on any atom is -0.461 e. The average molecular weight is 339 g/mol. The zero-order valence-corrected chi connectivity index (χ0v) is 14.1. The van der Waals surface area contributed by atoms with E-state index in [4.69, 9.17) is 4.42 Å². The van der Waals surface area contributed by atoms with Gasteiger partial charge in [-0.15, -0.1) is 11.3 Å². The Kier molecular flexibility index (Phi) is 4.91. The summed E-state index contributed by atoms with van der Waals surface area (Å²) >= 11 is 1.37. The van der Waals surface area contributed by atoms with Crippen molar-refractivity contribution in [2.24, 2.45) is 0 Å². The number of hydrogen-bond acceptors (Lipinski definition) is 4. The molecule has 2 aromatic heterocycles. The van der Waals surface area contributed by atoms with Gasteiger partial charge in [-0.3, -0.25) is 9.59 Å². The predicted octanol–water partition coefficient (Wildman–Crippen LogP) is 3.74. The SMILES string of the molecule is Cc1cccc(CC(=O)NCc2ccc(C(=O)c3ccco3)s2)c1. The Bertz CT molecular complexity index is 849. The van der Waals surface area contributed by atoms with Crippen molar-refractivity contribution < 1.29 is 14.0 Å². The van der Waals surface area contributed by atoms with Crippen molar-refractivity contribution >= 4 is 23.0 Å². The van der Waals surface area contributed by atoms with E-state index in [1.165, 1.54) is 17.6 Å². The Labute approximate surface area is 144 Å². The fourth-order valence-electron chi connectivity index (χ4n) is 2.38. The van der Waals surface area contributed by atoms with Crippen molar-refractivity contribution in [2.45, 2.75) is 19.9 Å². The highest BCUT2D eigenvalue weighted by Gasteiger charge is 2.14. The molecule has 0 atom stereocenters. The molecule has 0 unspecified atom stereocenters. The van der Waals surface area contributed by atoms with Crippen LogP contribution in [0.15, 0.2) is 59.2 Å². The molecule has 24 heavy (non-hydrogen) atoms. The first kappa shape index (κ1) is 16.2. The van der Waals surface area contributed by atoms with Gasteiger partial charge >= 0.3 is 0 Å². The molecule has 3 aromatic rings. The van der Waals surface area contributed by atoms with E-state index in [9.17, 15) is 9.59 Å². The van der Waals surface area contributed by atoms with Crippen LogP contribution >= 0.6 is 11.3 Å². The molecule has 0 bridgehead atoms. The Hall–Kier alpha value is -2.66. The molecule has 0 aliphatic heterocycles. The Balaban J connectivity index is 1.55. The van der Waals surface area contributed by atoms with Crippen molar-refractivity contribution in [3.63, 3.8) is 0 Å². The van der Waals surface area contributed by atoms with Crippen LogP contribution in [0.25, 0.3) is 0 Å². The standard InChI is InChI=1S/C19H17NO3S/c1-13-4-2-5-14(10-13)11-18(21)20-12-15-7-8-17(24-15)19(22)16-6-3-9-23-16/h2-10H,11-12H2,1H3,(H,20,21). The summed E-state index contributed by atoms with van der Waals surface area (Å²) in [6.07, 6.45) is 1.83. The first-order valence-electron chi connectivity index (χ1n) is 7.61. The molecule has 0 radical (unpaired) electrons. The number of thiophene rings is 1. The number of aryl methyl sites for hydroxylation is 1. The number of nitrogens with one attached hydrogen (secondary N) is 1. The van der Waals surface area contributed by atoms with Gasteiger partial charge in [0.1, 0.15) is 0 Å². The number of ketones is 1. The van der Waals surface area contributed by atoms with Crippen LogP contribution in [0.3, 0.4) is 0 Å². The van der Waals surface area contributed by atoms with Gasteiger partial charge in [0.25, 0.3) is 0 Å². The van der Waals surface area contributed by atoms with Crippen molar-refractivity contribution in [2.75, 3.05) is 0 Å². The number of amides is 1. The van der Waals surface area contributed by atoms with E-state index in [-0.39, 0.29) is 11.7 Å². The van der Waals surface area contributed by atoms with Gasteiger partial charge in [-0.25, -0.2) is 0 Å². The molecular weight excluding hydrogens is 322 g/mol. The average Bonchev–Trinajstić information content (AvgIpc) is 3.24. The third kappa shape index (κ3) is 4.00. The van der Waals surface area contributed by atoms with Gasteiger partial charge in [0.15, 0.2) is 5.76 Å². The second kappa shape index (κ2) is 7.27. The molecule has 1 aromatic carbocycles. The van der Waals surface area contributed by atoms with Gasteiger partial charge in [0, 0.05) is 4.88 Å². The molecule has 1 amide bonds. The molecule has 1 N–H and O–H groups in total. The van der Waals surface area contributed by atoms with E-state index in [0.29, 0.717) is 23.6 Å². The van der Waals surface area contributed by atoms with Crippen LogP contribution in [-0.4, -0.2) is 11.7 Å². The Morgan fingerprint density at radius 1 is 1.12 bits per heavy atom. The summed E-state index contributed by atoms with van der Waals surface area (Å²) in [4.78, 5) is 25.7. The number of carbonyl (C=O) groups excluding carboxylic acids is 2. The molecule has 0 fully saturated rings. The monoisotopic (exact) mass is 339 g/mol. The molecular formula is C19H17NO3S. The fraction of sp³-hybridized carbons (Fsp3) is 0.158. The van der Waals surface area contributed by atoms with Crippen LogP contribution in [0.1, 0.15) is 31.4 Å². The molecule has 0 aliphatic rings. The highest BCUT2D eigenvalue weighted by molar-refractivity contribution is 7.14. The maximum Gasteiger partial charge on any atom is 0.238 e. The highest BCUT2D eigenvalue weighted by Crippen LogP contribution is 2.20. The highest BCUT2D eigenvalue weighted by atomic mass is 32.1. The summed E-state index contributed by atoms with van der Waals surface area (Å²) in [6, 6.07) is 14.8. The molecule has 4 nitrogen and oxygen atoms in total. The van der Waals surface area contributed by atoms with Gasteiger partial charge in [0.05, 0.1) is 24.1 Å². The maximum absolute atomic E-state index is 12.2. The zero-order valence-electron chi connectivity index (χ0n) is 13.2. The second-order valence-corrected chi connectivity index (χ2v) is 6.68. The lowest BCUT2D eigenvalue weighted by atomic mass is 10.1. The van der Waals surface area contributed by atoms with Crippen LogP contribution in [0.2, 0.25) is 0 Å². The van der Waals surface area contributed by atoms with Crippen molar-refractivity contribution in [1.29, 1.82) is 0 Å². The molecule has 2 heterocycles. The number of rotatable bonds is 6. The van der Waals surface area contributed by atoms with Crippen LogP contribution in [0.5, 0.6) is 0 Å². The maximum atomic E-state index is 12.2. The second-order valence-electron chi connectivity index (χ2n) is 5.51. The Morgan fingerprint density at radius 3 is 2.75 bits per heavy atom. The summed E-state index contributed by atoms with van der Waals surface area (Å²) < 4.78 is 5.12. The van der Waals surface area contributed by atoms with Gasteiger partial charge in [-0.2, -0.15) is 0 Å². The van der Waals surface area contributed by atoms with Gasteiger partial charge in [-0.1, -0.05) is 29.8 Å². The van der Waals surface area contributed by atoms with Crippen LogP contribution in [0, 0.1) is 6.92 Å². The summed E-state index contributed by atoms with van der Waals surface area (Å²) in [5, 5.41) is 2.89. The van der Waals surface area contributed by atoms with Crippen LogP contribution < -0.4 is 5.32 Å². The molecule has 5 heteroatoms. The third-order valence-electron chi connectivity index (χ3n) is 3.54. The third-order valence-corrected chi connectivity index (χ3v) is 4.62. The molecule has 0 saturated heterocycles. The van der Waals surface area contributed by atoms with E-state index < -0.39 is 0 Å². The molecule has 0 saturated carbocycles.